The number of hydrogen-bond donors (Lipinski definition) is 1. The van der Waals surface area contributed by atoms with Crippen molar-refractivity contribution in [2.75, 3.05) is 6.54 Å². The summed E-state index contributed by atoms with van der Waals surface area (Å²) < 4.78 is 12.7. The summed E-state index contributed by atoms with van der Waals surface area (Å²) >= 11 is 6.00. The summed E-state index contributed by atoms with van der Waals surface area (Å²) in [6.07, 6.45) is 0.942. The molecule has 2 rings (SSSR count). The van der Waals surface area contributed by atoms with Gasteiger partial charge in [0.1, 0.15) is 5.82 Å². The van der Waals surface area contributed by atoms with Crippen LogP contribution < -0.4 is 5.32 Å². The fourth-order valence-corrected chi connectivity index (χ4v) is 2.08. The van der Waals surface area contributed by atoms with E-state index in [1.54, 1.807) is 18.2 Å². The van der Waals surface area contributed by atoms with Gasteiger partial charge in [0.05, 0.1) is 6.42 Å². The first-order valence-electron chi connectivity index (χ1n) is 6.40. The van der Waals surface area contributed by atoms with Gasteiger partial charge in [-0.25, -0.2) is 4.39 Å². The Bertz CT molecular complexity index is 583. The van der Waals surface area contributed by atoms with Crippen LogP contribution in [0.1, 0.15) is 11.1 Å². The highest BCUT2D eigenvalue weighted by molar-refractivity contribution is 6.31. The molecule has 0 saturated heterocycles. The standard InChI is InChI=1S/C16H15ClFNO/c17-15-4-2-1-3-13(15)11-16(20)19-10-9-12-5-7-14(18)8-6-12/h1-8H,9-11H2,(H,19,20). The second kappa shape index (κ2) is 7.06. The molecule has 0 heterocycles. The lowest BCUT2D eigenvalue weighted by molar-refractivity contribution is -0.120. The van der Waals surface area contributed by atoms with Crippen molar-refractivity contribution in [1.82, 2.24) is 5.32 Å². The molecule has 0 fully saturated rings. The number of benzene rings is 2. The molecule has 0 bridgehead atoms. The second-order valence-corrected chi connectivity index (χ2v) is 4.90. The minimum absolute atomic E-state index is 0.0692. The van der Waals surface area contributed by atoms with E-state index in [4.69, 9.17) is 11.6 Å². The van der Waals surface area contributed by atoms with Gasteiger partial charge < -0.3 is 5.32 Å². The van der Waals surface area contributed by atoms with Crippen molar-refractivity contribution in [3.63, 3.8) is 0 Å². The van der Waals surface area contributed by atoms with Crippen LogP contribution in [-0.4, -0.2) is 12.5 Å². The number of rotatable bonds is 5. The fraction of sp³-hybridized carbons (Fsp3) is 0.188. The topological polar surface area (TPSA) is 29.1 Å². The van der Waals surface area contributed by atoms with Crippen LogP contribution in [0.25, 0.3) is 0 Å². The first-order chi connectivity index (χ1) is 9.65. The molecule has 0 aliphatic heterocycles. The molecule has 0 spiro atoms. The molecule has 1 N–H and O–H groups in total. The van der Waals surface area contributed by atoms with E-state index in [9.17, 15) is 9.18 Å². The van der Waals surface area contributed by atoms with Gasteiger partial charge in [-0.2, -0.15) is 0 Å². The molecule has 0 aromatic heterocycles. The third kappa shape index (κ3) is 4.35. The molecule has 0 atom stereocenters. The molecule has 20 heavy (non-hydrogen) atoms. The van der Waals surface area contributed by atoms with Crippen molar-refractivity contribution < 1.29 is 9.18 Å². The Kier molecular flexibility index (Phi) is 5.13. The first-order valence-corrected chi connectivity index (χ1v) is 6.77. The molecule has 2 aromatic rings. The van der Waals surface area contributed by atoms with Gasteiger partial charge in [-0.05, 0) is 35.7 Å². The Balaban J connectivity index is 1.78. The van der Waals surface area contributed by atoms with Crippen LogP contribution in [0.4, 0.5) is 4.39 Å². The molecule has 2 aromatic carbocycles. The van der Waals surface area contributed by atoms with E-state index < -0.39 is 0 Å². The number of carbonyl (C=O) groups is 1. The summed E-state index contributed by atoms with van der Waals surface area (Å²) in [5, 5.41) is 3.43. The zero-order valence-corrected chi connectivity index (χ0v) is 11.7. The van der Waals surface area contributed by atoms with E-state index in [0.29, 0.717) is 18.0 Å². The van der Waals surface area contributed by atoms with Gasteiger partial charge in [0.25, 0.3) is 0 Å². The van der Waals surface area contributed by atoms with Crippen molar-refractivity contribution in [2.24, 2.45) is 0 Å². The Morgan fingerprint density at radius 1 is 1.10 bits per heavy atom. The highest BCUT2D eigenvalue weighted by Crippen LogP contribution is 2.15. The monoisotopic (exact) mass is 291 g/mol. The molecular weight excluding hydrogens is 277 g/mol. The van der Waals surface area contributed by atoms with Gasteiger partial charge in [-0.1, -0.05) is 41.9 Å². The van der Waals surface area contributed by atoms with Gasteiger partial charge in [0.15, 0.2) is 0 Å². The highest BCUT2D eigenvalue weighted by atomic mass is 35.5. The van der Waals surface area contributed by atoms with Crippen LogP contribution in [0.2, 0.25) is 5.02 Å². The first kappa shape index (κ1) is 14.5. The van der Waals surface area contributed by atoms with E-state index in [0.717, 1.165) is 11.1 Å². The maximum absolute atomic E-state index is 12.7. The summed E-state index contributed by atoms with van der Waals surface area (Å²) in [5.74, 6) is -0.322. The molecule has 0 unspecified atom stereocenters. The number of halogens is 2. The smallest absolute Gasteiger partial charge is 0.224 e. The third-order valence-electron chi connectivity index (χ3n) is 2.96. The van der Waals surface area contributed by atoms with Crippen molar-refractivity contribution in [3.05, 3.63) is 70.5 Å². The van der Waals surface area contributed by atoms with Gasteiger partial charge in [0, 0.05) is 11.6 Å². The largest absolute Gasteiger partial charge is 0.355 e. The lowest BCUT2D eigenvalue weighted by Gasteiger charge is -2.06. The molecule has 0 aliphatic carbocycles. The van der Waals surface area contributed by atoms with Crippen molar-refractivity contribution in [2.45, 2.75) is 12.8 Å². The number of nitrogens with one attached hydrogen (secondary N) is 1. The minimum atomic E-state index is -0.253. The molecule has 4 heteroatoms. The van der Waals surface area contributed by atoms with Crippen LogP contribution in [0.15, 0.2) is 48.5 Å². The van der Waals surface area contributed by atoms with E-state index in [-0.39, 0.29) is 18.1 Å². The number of amides is 1. The molecule has 0 radical (unpaired) electrons. The lowest BCUT2D eigenvalue weighted by Crippen LogP contribution is -2.27. The molecule has 104 valence electrons. The Morgan fingerprint density at radius 3 is 2.50 bits per heavy atom. The van der Waals surface area contributed by atoms with Gasteiger partial charge >= 0.3 is 0 Å². The predicted octanol–water partition coefficient (Wildman–Crippen LogP) is 3.38. The van der Waals surface area contributed by atoms with E-state index in [1.165, 1.54) is 12.1 Å². The molecule has 0 saturated carbocycles. The normalized spacial score (nSPS) is 10.3. The maximum Gasteiger partial charge on any atom is 0.224 e. The lowest BCUT2D eigenvalue weighted by atomic mass is 10.1. The summed E-state index contributed by atoms with van der Waals surface area (Å²) in [4.78, 5) is 11.8. The van der Waals surface area contributed by atoms with Crippen LogP contribution >= 0.6 is 11.6 Å². The van der Waals surface area contributed by atoms with Gasteiger partial charge in [-0.3, -0.25) is 4.79 Å². The average molecular weight is 292 g/mol. The van der Waals surface area contributed by atoms with E-state index in [1.807, 2.05) is 18.2 Å². The van der Waals surface area contributed by atoms with Crippen LogP contribution in [0.3, 0.4) is 0 Å². The molecule has 2 nitrogen and oxygen atoms in total. The predicted molar refractivity (Wildman–Crippen MR) is 78.3 cm³/mol. The number of carbonyl (C=O) groups excluding carboxylic acids is 1. The van der Waals surface area contributed by atoms with Crippen LogP contribution in [-0.2, 0) is 17.6 Å². The summed E-state index contributed by atoms with van der Waals surface area (Å²) in [6, 6.07) is 13.6. The van der Waals surface area contributed by atoms with Crippen molar-refractivity contribution in [3.8, 4) is 0 Å². The average Bonchev–Trinajstić information content (AvgIpc) is 2.44. The minimum Gasteiger partial charge on any atom is -0.355 e. The molecule has 1 amide bonds. The summed E-state index contributed by atoms with van der Waals surface area (Å²) in [6.45, 7) is 0.523. The highest BCUT2D eigenvalue weighted by Gasteiger charge is 2.05. The molecular formula is C16H15ClFNO. The fourth-order valence-electron chi connectivity index (χ4n) is 1.87. The van der Waals surface area contributed by atoms with Crippen molar-refractivity contribution >= 4 is 17.5 Å². The van der Waals surface area contributed by atoms with E-state index in [2.05, 4.69) is 5.32 Å². The van der Waals surface area contributed by atoms with Crippen LogP contribution in [0, 0.1) is 5.82 Å². The number of hydrogen-bond acceptors (Lipinski definition) is 1. The Labute approximate surface area is 122 Å². The SMILES string of the molecule is O=C(Cc1ccccc1Cl)NCCc1ccc(F)cc1. The summed E-state index contributed by atoms with van der Waals surface area (Å²) in [7, 11) is 0. The van der Waals surface area contributed by atoms with Crippen LogP contribution in [0.5, 0.6) is 0 Å². The summed E-state index contributed by atoms with van der Waals surface area (Å²) in [5.41, 5.74) is 1.80. The quantitative estimate of drug-likeness (QED) is 0.899. The van der Waals surface area contributed by atoms with E-state index >= 15 is 0 Å². The second-order valence-electron chi connectivity index (χ2n) is 4.49. The Hall–Kier alpha value is -1.87. The van der Waals surface area contributed by atoms with Gasteiger partial charge in [0.2, 0.25) is 5.91 Å². The Morgan fingerprint density at radius 2 is 1.80 bits per heavy atom. The zero-order chi connectivity index (χ0) is 14.4. The third-order valence-corrected chi connectivity index (χ3v) is 3.33. The molecule has 0 aliphatic rings. The van der Waals surface area contributed by atoms with Gasteiger partial charge in [-0.15, -0.1) is 0 Å². The van der Waals surface area contributed by atoms with Crippen molar-refractivity contribution in [1.29, 1.82) is 0 Å². The maximum atomic E-state index is 12.7. The zero-order valence-electron chi connectivity index (χ0n) is 10.9.